The number of amides is 1. The lowest BCUT2D eigenvalue weighted by Gasteiger charge is -2.28. The first-order valence-electron chi connectivity index (χ1n) is 6.67. The summed E-state index contributed by atoms with van der Waals surface area (Å²) >= 11 is 0. The Labute approximate surface area is 129 Å². The first-order valence-corrected chi connectivity index (χ1v) is 6.67. The monoisotopic (exact) mass is 305 g/mol. The summed E-state index contributed by atoms with van der Waals surface area (Å²) in [5.74, 6) is 4.38. The SMILES string of the molecule is CC(C(=O)O)N(CC#Cc1cncnc1)C(=O)OC(C)(C)C. The fourth-order valence-electron chi connectivity index (χ4n) is 1.40. The maximum Gasteiger partial charge on any atom is 0.411 e. The highest BCUT2D eigenvalue weighted by molar-refractivity contribution is 5.80. The number of carbonyl (C=O) groups excluding carboxylic acids is 1. The number of carbonyl (C=O) groups is 2. The molecule has 0 aromatic carbocycles. The molecule has 0 aliphatic rings. The molecule has 0 aliphatic heterocycles. The van der Waals surface area contributed by atoms with Crippen molar-refractivity contribution in [2.45, 2.75) is 39.3 Å². The van der Waals surface area contributed by atoms with E-state index in [9.17, 15) is 9.59 Å². The number of nitrogens with zero attached hydrogens (tertiary/aromatic N) is 3. The Morgan fingerprint density at radius 2 is 1.95 bits per heavy atom. The van der Waals surface area contributed by atoms with E-state index in [1.807, 2.05) is 0 Å². The van der Waals surface area contributed by atoms with Crippen LogP contribution >= 0.6 is 0 Å². The maximum absolute atomic E-state index is 12.1. The minimum absolute atomic E-state index is 0.0721. The zero-order valence-corrected chi connectivity index (χ0v) is 13.0. The highest BCUT2D eigenvalue weighted by Crippen LogP contribution is 2.12. The minimum atomic E-state index is -1.13. The Balaban J connectivity index is 2.86. The van der Waals surface area contributed by atoms with Crippen molar-refractivity contribution in [3.63, 3.8) is 0 Å². The van der Waals surface area contributed by atoms with Crippen LogP contribution in [0.2, 0.25) is 0 Å². The van der Waals surface area contributed by atoms with Crippen LogP contribution in [0.1, 0.15) is 33.3 Å². The van der Waals surface area contributed by atoms with Gasteiger partial charge in [0.05, 0.1) is 12.1 Å². The summed E-state index contributed by atoms with van der Waals surface area (Å²) in [7, 11) is 0. The van der Waals surface area contributed by atoms with Crippen molar-refractivity contribution < 1.29 is 19.4 Å². The number of hydrogen-bond donors (Lipinski definition) is 1. The predicted octanol–water partition coefficient (Wildman–Crippen LogP) is 1.54. The molecule has 1 atom stereocenters. The lowest BCUT2D eigenvalue weighted by Crippen LogP contribution is -2.45. The van der Waals surface area contributed by atoms with E-state index in [1.165, 1.54) is 25.6 Å². The number of carboxylic acid groups (broad SMARTS) is 1. The largest absolute Gasteiger partial charge is 0.480 e. The predicted molar refractivity (Wildman–Crippen MR) is 78.9 cm³/mol. The normalized spacial score (nSPS) is 11.8. The number of aromatic nitrogens is 2. The average Bonchev–Trinajstić information content (AvgIpc) is 2.42. The van der Waals surface area contributed by atoms with Crippen LogP contribution in [0.25, 0.3) is 0 Å². The van der Waals surface area contributed by atoms with Crippen LogP contribution in [-0.2, 0) is 9.53 Å². The van der Waals surface area contributed by atoms with Gasteiger partial charge >= 0.3 is 12.1 Å². The molecule has 1 amide bonds. The Kier molecular flexibility index (Phi) is 5.87. The molecule has 1 aromatic heterocycles. The van der Waals surface area contributed by atoms with E-state index in [4.69, 9.17) is 9.84 Å². The molecule has 0 saturated heterocycles. The highest BCUT2D eigenvalue weighted by atomic mass is 16.6. The number of carboxylic acids is 1. The van der Waals surface area contributed by atoms with E-state index in [-0.39, 0.29) is 6.54 Å². The van der Waals surface area contributed by atoms with Gasteiger partial charge in [0.25, 0.3) is 0 Å². The molecule has 0 saturated carbocycles. The van der Waals surface area contributed by atoms with Crippen molar-refractivity contribution in [3.8, 4) is 11.8 Å². The molecule has 1 unspecified atom stereocenters. The summed E-state index contributed by atoms with van der Waals surface area (Å²) in [5.41, 5.74) is -0.136. The van der Waals surface area contributed by atoms with E-state index in [0.717, 1.165) is 4.90 Å². The van der Waals surface area contributed by atoms with Gasteiger partial charge in [-0.2, -0.15) is 0 Å². The van der Waals surface area contributed by atoms with Crippen molar-refractivity contribution in [3.05, 3.63) is 24.3 Å². The smallest absolute Gasteiger partial charge is 0.411 e. The van der Waals surface area contributed by atoms with Gasteiger partial charge in [-0.3, -0.25) is 4.90 Å². The third kappa shape index (κ3) is 5.79. The second-order valence-electron chi connectivity index (χ2n) is 5.55. The molecule has 0 spiro atoms. The number of ether oxygens (including phenoxy) is 1. The van der Waals surface area contributed by atoms with Crippen LogP contribution in [0.5, 0.6) is 0 Å². The Morgan fingerprint density at radius 3 is 2.45 bits per heavy atom. The van der Waals surface area contributed by atoms with E-state index in [0.29, 0.717) is 5.56 Å². The van der Waals surface area contributed by atoms with Crippen molar-refractivity contribution in [1.29, 1.82) is 0 Å². The summed E-state index contributed by atoms with van der Waals surface area (Å²) in [6.45, 7) is 6.46. The summed E-state index contributed by atoms with van der Waals surface area (Å²) in [4.78, 5) is 31.9. The third-order valence-electron chi connectivity index (χ3n) is 2.50. The summed E-state index contributed by atoms with van der Waals surface area (Å²) in [6.07, 6.45) is 3.71. The minimum Gasteiger partial charge on any atom is -0.480 e. The van der Waals surface area contributed by atoms with Crippen molar-refractivity contribution in [2.75, 3.05) is 6.54 Å². The molecule has 7 nitrogen and oxygen atoms in total. The van der Waals surface area contributed by atoms with E-state index in [1.54, 1.807) is 20.8 Å². The number of aliphatic carboxylic acids is 1. The molecule has 0 bridgehead atoms. The molecule has 1 rings (SSSR count). The first-order chi connectivity index (χ1) is 10.2. The standard InChI is InChI=1S/C15H19N3O4/c1-11(13(19)20)18(14(21)22-15(2,3)4)7-5-6-12-8-16-10-17-9-12/h8-11H,7H2,1-4H3,(H,19,20). The number of rotatable bonds is 3. The van der Waals surface area contributed by atoms with Crippen molar-refractivity contribution in [2.24, 2.45) is 0 Å². The second-order valence-corrected chi connectivity index (χ2v) is 5.55. The van der Waals surface area contributed by atoms with Gasteiger partial charge in [-0.1, -0.05) is 11.8 Å². The van der Waals surface area contributed by atoms with Gasteiger partial charge in [0.1, 0.15) is 18.0 Å². The molecule has 0 aliphatic carbocycles. The molecule has 7 heteroatoms. The quantitative estimate of drug-likeness (QED) is 0.851. The van der Waals surface area contributed by atoms with Gasteiger partial charge in [-0.15, -0.1) is 0 Å². The highest BCUT2D eigenvalue weighted by Gasteiger charge is 2.29. The molecular weight excluding hydrogens is 286 g/mol. The second kappa shape index (κ2) is 7.41. The molecular formula is C15H19N3O4. The summed E-state index contributed by atoms with van der Waals surface area (Å²) < 4.78 is 5.21. The molecule has 118 valence electrons. The summed E-state index contributed by atoms with van der Waals surface area (Å²) in [5, 5.41) is 9.10. The van der Waals surface area contributed by atoms with Crippen LogP contribution in [0.4, 0.5) is 4.79 Å². The topological polar surface area (TPSA) is 92.6 Å². The zero-order chi connectivity index (χ0) is 16.8. The molecule has 22 heavy (non-hydrogen) atoms. The fraction of sp³-hybridized carbons (Fsp3) is 0.467. The van der Waals surface area contributed by atoms with Crippen LogP contribution in [0.15, 0.2) is 18.7 Å². The van der Waals surface area contributed by atoms with Crippen LogP contribution < -0.4 is 0 Å². The maximum atomic E-state index is 12.1. The molecule has 1 aromatic rings. The third-order valence-corrected chi connectivity index (χ3v) is 2.50. The van der Waals surface area contributed by atoms with Gasteiger partial charge in [-0.05, 0) is 27.7 Å². The molecule has 1 heterocycles. The van der Waals surface area contributed by atoms with Gasteiger partial charge in [-0.25, -0.2) is 19.6 Å². The molecule has 1 N–H and O–H groups in total. The first kappa shape index (κ1) is 17.4. The fourth-order valence-corrected chi connectivity index (χ4v) is 1.40. The van der Waals surface area contributed by atoms with Crippen LogP contribution in [0.3, 0.4) is 0 Å². The van der Waals surface area contributed by atoms with Crippen LogP contribution in [0, 0.1) is 11.8 Å². The van der Waals surface area contributed by atoms with Gasteiger partial charge in [0.15, 0.2) is 0 Å². The Hall–Kier alpha value is -2.62. The van der Waals surface area contributed by atoms with Gasteiger partial charge in [0, 0.05) is 12.4 Å². The van der Waals surface area contributed by atoms with Gasteiger partial charge < -0.3 is 9.84 Å². The van der Waals surface area contributed by atoms with Gasteiger partial charge in [0.2, 0.25) is 0 Å². The Bertz CT molecular complexity index is 584. The summed E-state index contributed by atoms with van der Waals surface area (Å²) in [6, 6.07) is -1.05. The van der Waals surface area contributed by atoms with Crippen LogP contribution in [-0.4, -0.2) is 50.2 Å². The van der Waals surface area contributed by atoms with Crippen molar-refractivity contribution >= 4 is 12.1 Å². The van der Waals surface area contributed by atoms with E-state index in [2.05, 4.69) is 21.8 Å². The molecule has 0 fully saturated rings. The lowest BCUT2D eigenvalue weighted by molar-refractivity contribution is -0.142. The Morgan fingerprint density at radius 1 is 1.36 bits per heavy atom. The molecule has 0 radical (unpaired) electrons. The van der Waals surface area contributed by atoms with E-state index >= 15 is 0 Å². The average molecular weight is 305 g/mol. The van der Waals surface area contributed by atoms with E-state index < -0.39 is 23.7 Å². The van der Waals surface area contributed by atoms with Crippen molar-refractivity contribution in [1.82, 2.24) is 14.9 Å². The number of hydrogen-bond acceptors (Lipinski definition) is 5. The lowest BCUT2D eigenvalue weighted by atomic mass is 10.2. The zero-order valence-electron chi connectivity index (χ0n) is 13.0.